The van der Waals surface area contributed by atoms with Gasteiger partial charge in [0.1, 0.15) is 5.84 Å². The summed E-state index contributed by atoms with van der Waals surface area (Å²) in [4.78, 5) is 16.8. The van der Waals surface area contributed by atoms with Crippen molar-refractivity contribution in [2.45, 2.75) is 0 Å². The lowest BCUT2D eigenvalue weighted by Crippen LogP contribution is -2.40. The fourth-order valence-corrected chi connectivity index (χ4v) is 2.52. The van der Waals surface area contributed by atoms with Crippen molar-refractivity contribution in [3.05, 3.63) is 78.5 Å². The SMILES string of the molecule is O=C1N=C2C=CC(c3cccc(-c4ccccc4)c3)=CN12. The van der Waals surface area contributed by atoms with Crippen LogP contribution >= 0.6 is 0 Å². The topological polar surface area (TPSA) is 32.7 Å². The van der Waals surface area contributed by atoms with Gasteiger partial charge in [0.05, 0.1) is 0 Å². The van der Waals surface area contributed by atoms with E-state index in [1.807, 2.05) is 42.6 Å². The summed E-state index contributed by atoms with van der Waals surface area (Å²) in [6, 6.07) is 18.4. The number of allylic oxidation sites excluding steroid dienone is 2. The van der Waals surface area contributed by atoms with E-state index < -0.39 is 0 Å². The van der Waals surface area contributed by atoms with E-state index in [-0.39, 0.29) is 6.03 Å². The lowest BCUT2D eigenvalue weighted by molar-refractivity contribution is 0.233. The van der Waals surface area contributed by atoms with E-state index >= 15 is 0 Å². The van der Waals surface area contributed by atoms with Crippen LogP contribution in [0.3, 0.4) is 0 Å². The summed E-state index contributed by atoms with van der Waals surface area (Å²) in [5, 5.41) is 0. The lowest BCUT2D eigenvalue weighted by Gasteiger charge is -2.27. The number of urea groups is 1. The summed E-state index contributed by atoms with van der Waals surface area (Å²) >= 11 is 0. The monoisotopic (exact) mass is 272 g/mol. The first-order valence-corrected chi connectivity index (χ1v) is 6.79. The predicted octanol–water partition coefficient (Wildman–Crippen LogP) is 4.10. The van der Waals surface area contributed by atoms with Crippen molar-refractivity contribution in [2.75, 3.05) is 0 Å². The number of aliphatic imine (C=N–C) groups is 1. The summed E-state index contributed by atoms with van der Waals surface area (Å²) in [7, 11) is 0. The Morgan fingerprint density at radius 1 is 0.810 bits per heavy atom. The first-order chi connectivity index (χ1) is 10.3. The maximum Gasteiger partial charge on any atom is 0.355 e. The molecule has 2 amide bonds. The molecule has 3 nitrogen and oxygen atoms in total. The van der Waals surface area contributed by atoms with E-state index in [0.29, 0.717) is 5.84 Å². The fraction of sp³-hybridized carbons (Fsp3) is 0. The van der Waals surface area contributed by atoms with Gasteiger partial charge < -0.3 is 0 Å². The van der Waals surface area contributed by atoms with E-state index in [0.717, 1.165) is 16.7 Å². The fourth-order valence-electron chi connectivity index (χ4n) is 2.52. The van der Waals surface area contributed by atoms with E-state index in [1.54, 1.807) is 4.90 Å². The van der Waals surface area contributed by atoms with Crippen LogP contribution in [0.2, 0.25) is 0 Å². The molecule has 0 bridgehead atoms. The molecule has 0 saturated carbocycles. The van der Waals surface area contributed by atoms with Crippen LogP contribution in [0.5, 0.6) is 0 Å². The molecule has 2 aliphatic rings. The van der Waals surface area contributed by atoms with Crippen LogP contribution in [0.25, 0.3) is 16.7 Å². The van der Waals surface area contributed by atoms with Gasteiger partial charge in [-0.15, -0.1) is 0 Å². The highest BCUT2D eigenvalue weighted by atomic mass is 16.2. The number of nitrogens with zero attached hydrogens (tertiary/aromatic N) is 2. The van der Waals surface area contributed by atoms with Crippen LogP contribution in [-0.4, -0.2) is 16.8 Å². The normalized spacial score (nSPS) is 16.0. The van der Waals surface area contributed by atoms with Crippen LogP contribution < -0.4 is 0 Å². The molecule has 2 aliphatic heterocycles. The van der Waals surface area contributed by atoms with Crippen molar-refractivity contribution in [1.82, 2.24) is 4.90 Å². The van der Waals surface area contributed by atoms with Crippen LogP contribution in [0, 0.1) is 0 Å². The number of amidine groups is 1. The van der Waals surface area contributed by atoms with Gasteiger partial charge in [-0.2, -0.15) is 4.99 Å². The molecule has 2 heterocycles. The highest BCUT2D eigenvalue weighted by Crippen LogP contribution is 2.28. The van der Waals surface area contributed by atoms with Gasteiger partial charge in [-0.05, 0) is 40.5 Å². The van der Waals surface area contributed by atoms with E-state index in [1.165, 1.54) is 5.56 Å². The molecule has 2 aromatic carbocycles. The van der Waals surface area contributed by atoms with Gasteiger partial charge in [-0.25, -0.2) is 4.79 Å². The Morgan fingerprint density at radius 2 is 1.57 bits per heavy atom. The van der Waals surface area contributed by atoms with Crippen molar-refractivity contribution in [3.8, 4) is 11.1 Å². The third kappa shape index (κ3) is 1.99. The first-order valence-electron chi connectivity index (χ1n) is 6.79. The van der Waals surface area contributed by atoms with Crippen LogP contribution in [-0.2, 0) is 0 Å². The van der Waals surface area contributed by atoms with Gasteiger partial charge in [0.15, 0.2) is 0 Å². The molecule has 0 aliphatic carbocycles. The number of benzene rings is 2. The molecule has 4 rings (SSSR count). The summed E-state index contributed by atoms with van der Waals surface area (Å²) < 4.78 is 0. The summed E-state index contributed by atoms with van der Waals surface area (Å²) in [5.41, 5.74) is 4.45. The zero-order chi connectivity index (χ0) is 14.2. The molecule has 0 saturated heterocycles. The third-order valence-electron chi connectivity index (χ3n) is 3.65. The van der Waals surface area contributed by atoms with Gasteiger partial charge in [-0.1, -0.05) is 48.5 Å². The van der Waals surface area contributed by atoms with Crippen molar-refractivity contribution < 1.29 is 4.79 Å². The maximum atomic E-state index is 11.4. The van der Waals surface area contributed by atoms with Gasteiger partial charge in [0, 0.05) is 6.20 Å². The van der Waals surface area contributed by atoms with Crippen LogP contribution in [0.4, 0.5) is 4.79 Å². The Morgan fingerprint density at radius 3 is 2.38 bits per heavy atom. The molecule has 0 unspecified atom stereocenters. The number of hydrogen-bond acceptors (Lipinski definition) is 1. The highest BCUT2D eigenvalue weighted by molar-refractivity contribution is 6.19. The lowest BCUT2D eigenvalue weighted by atomic mass is 9.98. The van der Waals surface area contributed by atoms with Gasteiger partial charge in [-0.3, -0.25) is 4.90 Å². The standard InChI is InChI=1S/C18H12N2O/c21-18-19-17-10-9-16(12-20(17)18)15-8-4-7-14(11-15)13-5-2-1-3-6-13/h1-12H. The summed E-state index contributed by atoms with van der Waals surface area (Å²) in [6.07, 6.45) is 5.70. The largest absolute Gasteiger partial charge is 0.355 e. The number of carbonyl (C=O) groups is 1. The second-order valence-corrected chi connectivity index (χ2v) is 4.99. The van der Waals surface area contributed by atoms with Gasteiger partial charge in [0.2, 0.25) is 0 Å². The number of fused-ring (bicyclic) bond motifs is 1. The summed E-state index contributed by atoms with van der Waals surface area (Å²) in [5.74, 6) is 0.711. The zero-order valence-electron chi connectivity index (χ0n) is 11.2. The second kappa shape index (κ2) is 4.56. The van der Waals surface area contributed by atoms with Gasteiger partial charge >= 0.3 is 6.03 Å². The smallest absolute Gasteiger partial charge is 0.251 e. The number of hydrogen-bond donors (Lipinski definition) is 0. The molecule has 0 radical (unpaired) electrons. The minimum absolute atomic E-state index is 0.203. The molecule has 0 N–H and O–H groups in total. The average molecular weight is 272 g/mol. The van der Waals surface area contributed by atoms with E-state index in [4.69, 9.17) is 0 Å². The minimum Gasteiger partial charge on any atom is -0.251 e. The van der Waals surface area contributed by atoms with E-state index in [9.17, 15) is 4.79 Å². The van der Waals surface area contributed by atoms with Crippen molar-refractivity contribution in [3.63, 3.8) is 0 Å². The zero-order valence-corrected chi connectivity index (χ0v) is 11.2. The van der Waals surface area contributed by atoms with E-state index in [2.05, 4.69) is 35.3 Å². The number of rotatable bonds is 2. The molecule has 0 aromatic heterocycles. The second-order valence-electron chi connectivity index (χ2n) is 4.99. The number of carbonyl (C=O) groups excluding carboxylic acids is 1. The van der Waals surface area contributed by atoms with Crippen molar-refractivity contribution >= 4 is 17.4 Å². The molecule has 100 valence electrons. The Bertz CT molecular complexity index is 816. The summed E-state index contributed by atoms with van der Waals surface area (Å²) in [6.45, 7) is 0. The minimum atomic E-state index is -0.203. The van der Waals surface area contributed by atoms with Crippen molar-refractivity contribution in [1.29, 1.82) is 0 Å². The third-order valence-corrected chi connectivity index (χ3v) is 3.65. The Labute approximate surface area is 122 Å². The molecular formula is C18H12N2O. The number of amides is 2. The quantitative estimate of drug-likeness (QED) is 0.810. The Hall–Kier alpha value is -2.94. The van der Waals surface area contributed by atoms with Gasteiger partial charge in [0.25, 0.3) is 0 Å². The van der Waals surface area contributed by atoms with Crippen LogP contribution in [0.15, 0.2) is 77.9 Å². The molecule has 0 atom stereocenters. The molecule has 3 heteroatoms. The van der Waals surface area contributed by atoms with Crippen molar-refractivity contribution in [2.24, 2.45) is 4.99 Å². The average Bonchev–Trinajstić information content (AvgIpc) is 2.55. The molecule has 21 heavy (non-hydrogen) atoms. The highest BCUT2D eigenvalue weighted by Gasteiger charge is 2.28. The molecular weight excluding hydrogens is 260 g/mol. The Balaban J connectivity index is 1.73. The first kappa shape index (κ1) is 11.9. The Kier molecular flexibility index (Phi) is 2.57. The molecule has 2 aromatic rings. The van der Waals surface area contributed by atoms with Crippen LogP contribution in [0.1, 0.15) is 5.56 Å². The molecule has 0 fully saturated rings. The maximum absolute atomic E-state index is 11.4. The predicted molar refractivity (Wildman–Crippen MR) is 83.7 cm³/mol. The molecule has 0 spiro atoms.